The van der Waals surface area contributed by atoms with Crippen LogP contribution in [-0.2, 0) is 0 Å². The van der Waals surface area contributed by atoms with Crippen molar-refractivity contribution >= 4 is 17.2 Å². The number of benzene rings is 3. The Bertz CT molecular complexity index is 1190. The van der Waals surface area contributed by atoms with E-state index in [0.717, 1.165) is 39.6 Å². The second-order valence-electron chi connectivity index (χ2n) is 7.17. The molecule has 0 aromatic heterocycles. The third-order valence-electron chi connectivity index (χ3n) is 5.14. The maximum absolute atomic E-state index is 5.83. The first-order valence-corrected chi connectivity index (χ1v) is 10.8. The maximum atomic E-state index is 5.83. The predicted octanol–water partition coefficient (Wildman–Crippen LogP) is 4.94. The summed E-state index contributed by atoms with van der Waals surface area (Å²) in [4.78, 5) is 4.86. The minimum Gasteiger partial charge on any atom is -0.497 e. The van der Waals surface area contributed by atoms with Crippen LogP contribution in [0.4, 0.5) is 5.69 Å². The first kappa shape index (κ1) is 22.2. The molecule has 0 spiro atoms. The summed E-state index contributed by atoms with van der Waals surface area (Å²) in [7, 11) is 3.29. The highest BCUT2D eigenvalue weighted by molar-refractivity contribution is 6.18. The Morgan fingerprint density at radius 3 is 2.09 bits per heavy atom. The molecule has 0 unspecified atom stereocenters. The van der Waals surface area contributed by atoms with Gasteiger partial charge in [-0.25, -0.2) is 4.99 Å². The summed E-state index contributed by atoms with van der Waals surface area (Å²) in [6.45, 7) is 4.98. The Morgan fingerprint density at radius 2 is 1.39 bits per heavy atom. The van der Waals surface area contributed by atoms with E-state index in [2.05, 4.69) is 5.43 Å². The van der Waals surface area contributed by atoms with Gasteiger partial charge >= 0.3 is 0 Å². The number of aliphatic imine (C=N–C) groups is 1. The number of hydrogen-bond donors (Lipinski definition) is 1. The highest BCUT2D eigenvalue weighted by atomic mass is 16.5. The van der Waals surface area contributed by atoms with E-state index < -0.39 is 0 Å². The molecule has 3 aromatic carbocycles. The molecule has 1 aliphatic rings. The van der Waals surface area contributed by atoms with Crippen molar-refractivity contribution in [3.8, 4) is 23.0 Å². The van der Waals surface area contributed by atoms with Crippen molar-refractivity contribution < 1.29 is 18.9 Å². The van der Waals surface area contributed by atoms with Gasteiger partial charge in [0.15, 0.2) is 17.3 Å². The van der Waals surface area contributed by atoms with Gasteiger partial charge in [-0.3, -0.25) is 5.43 Å². The zero-order chi connectivity index (χ0) is 23.2. The van der Waals surface area contributed by atoms with Gasteiger partial charge in [0.05, 0.1) is 33.1 Å². The molecule has 1 aliphatic heterocycles. The molecule has 0 bridgehead atoms. The molecule has 0 saturated carbocycles. The van der Waals surface area contributed by atoms with Crippen LogP contribution in [0.5, 0.6) is 23.0 Å². The average Bonchev–Trinajstić information content (AvgIpc) is 3.04. The molecule has 0 saturated heterocycles. The fourth-order valence-corrected chi connectivity index (χ4v) is 3.54. The smallest absolute Gasteiger partial charge is 0.161 e. The summed E-state index contributed by atoms with van der Waals surface area (Å²) in [5, 5.41) is 4.74. The lowest BCUT2D eigenvalue weighted by Gasteiger charge is -2.14. The fourth-order valence-electron chi connectivity index (χ4n) is 3.54. The molecule has 7 heteroatoms. The molecule has 0 atom stereocenters. The molecule has 1 heterocycles. The summed E-state index contributed by atoms with van der Waals surface area (Å²) in [6, 6.07) is 19.2. The zero-order valence-corrected chi connectivity index (χ0v) is 19.2. The van der Waals surface area contributed by atoms with Crippen LogP contribution in [0.3, 0.4) is 0 Å². The minimum atomic E-state index is 0.531. The molecule has 0 amide bonds. The van der Waals surface area contributed by atoms with E-state index in [9.17, 15) is 0 Å². The quantitative estimate of drug-likeness (QED) is 0.532. The molecule has 0 fully saturated rings. The van der Waals surface area contributed by atoms with E-state index in [1.807, 2.05) is 74.5 Å². The number of methoxy groups -OCH3 is 2. The third kappa shape index (κ3) is 4.77. The lowest BCUT2D eigenvalue weighted by atomic mass is 10.00. The zero-order valence-electron chi connectivity index (χ0n) is 19.2. The molecule has 1 N–H and O–H groups in total. The van der Waals surface area contributed by atoms with Gasteiger partial charge in [0, 0.05) is 16.7 Å². The number of nitrogens with zero attached hydrogens (tertiary/aromatic N) is 2. The molecule has 0 radical (unpaired) electrons. The van der Waals surface area contributed by atoms with Gasteiger partial charge in [0.1, 0.15) is 17.2 Å². The van der Waals surface area contributed by atoms with E-state index in [-0.39, 0.29) is 0 Å². The van der Waals surface area contributed by atoms with Crippen molar-refractivity contribution in [1.82, 2.24) is 5.43 Å². The highest BCUT2D eigenvalue weighted by Crippen LogP contribution is 2.33. The summed E-state index contributed by atoms with van der Waals surface area (Å²) >= 11 is 0. The predicted molar refractivity (Wildman–Crippen MR) is 130 cm³/mol. The van der Waals surface area contributed by atoms with Gasteiger partial charge in [-0.1, -0.05) is 0 Å². The topological polar surface area (TPSA) is 73.7 Å². The molecule has 170 valence electrons. The second-order valence-corrected chi connectivity index (χ2v) is 7.17. The summed E-state index contributed by atoms with van der Waals surface area (Å²) < 4.78 is 22.3. The number of fused-ring (bicyclic) bond motifs is 1. The van der Waals surface area contributed by atoms with Gasteiger partial charge in [0.25, 0.3) is 0 Å². The van der Waals surface area contributed by atoms with E-state index >= 15 is 0 Å². The SMILES string of the molecule is CCOc1ccc(C2=NNC(c3ccc(OC)cc3)=Nc3ccc(OC)cc32)cc1OCC. The van der Waals surface area contributed by atoms with E-state index in [4.69, 9.17) is 29.0 Å². The maximum Gasteiger partial charge on any atom is 0.161 e. The molecule has 3 aromatic rings. The normalized spacial score (nSPS) is 12.5. The summed E-state index contributed by atoms with van der Waals surface area (Å²) in [5.74, 6) is 3.51. The molecule has 33 heavy (non-hydrogen) atoms. The van der Waals surface area contributed by atoms with Crippen LogP contribution in [0.2, 0.25) is 0 Å². The van der Waals surface area contributed by atoms with Crippen molar-refractivity contribution in [2.24, 2.45) is 10.1 Å². The molecule has 0 aliphatic carbocycles. The van der Waals surface area contributed by atoms with E-state index in [0.29, 0.717) is 30.5 Å². The molecule has 7 nitrogen and oxygen atoms in total. The van der Waals surface area contributed by atoms with Crippen LogP contribution in [-0.4, -0.2) is 39.0 Å². The van der Waals surface area contributed by atoms with E-state index in [1.165, 1.54) is 0 Å². The third-order valence-corrected chi connectivity index (χ3v) is 5.14. The Labute approximate surface area is 193 Å². The molecular formula is C26H27N3O4. The number of ether oxygens (including phenoxy) is 4. The van der Waals surface area contributed by atoms with Gasteiger partial charge in [-0.15, -0.1) is 0 Å². The first-order valence-electron chi connectivity index (χ1n) is 10.8. The van der Waals surface area contributed by atoms with Crippen LogP contribution in [0.15, 0.2) is 70.8 Å². The molecular weight excluding hydrogens is 418 g/mol. The van der Waals surface area contributed by atoms with Crippen LogP contribution in [0.1, 0.15) is 30.5 Å². The van der Waals surface area contributed by atoms with Crippen molar-refractivity contribution in [1.29, 1.82) is 0 Å². The minimum absolute atomic E-state index is 0.531. The van der Waals surface area contributed by atoms with Gasteiger partial charge in [0.2, 0.25) is 0 Å². The van der Waals surface area contributed by atoms with Crippen LogP contribution in [0.25, 0.3) is 0 Å². The average molecular weight is 446 g/mol. The standard InChI is InChI=1S/C26H27N3O4/c1-5-32-23-14-9-18(15-24(23)33-6-2)25-21-16-20(31-4)12-13-22(21)27-26(29-28-25)17-7-10-19(30-3)11-8-17/h7-16H,5-6H2,1-4H3,(H,27,29). The van der Waals surface area contributed by atoms with Gasteiger partial charge < -0.3 is 18.9 Å². The van der Waals surface area contributed by atoms with Crippen molar-refractivity contribution in [2.75, 3.05) is 27.4 Å². The van der Waals surface area contributed by atoms with Gasteiger partial charge in [-0.05, 0) is 74.5 Å². The Kier molecular flexibility index (Phi) is 6.78. The number of hydrazone groups is 1. The summed E-state index contributed by atoms with van der Waals surface area (Å²) in [5.41, 5.74) is 7.25. The Balaban J connectivity index is 1.81. The van der Waals surface area contributed by atoms with Crippen LogP contribution >= 0.6 is 0 Å². The largest absolute Gasteiger partial charge is 0.497 e. The second kappa shape index (κ2) is 10.1. The molecule has 4 rings (SSSR count). The number of amidine groups is 1. The number of nitrogens with one attached hydrogen (secondary N) is 1. The van der Waals surface area contributed by atoms with Gasteiger partial charge in [-0.2, -0.15) is 5.10 Å². The monoisotopic (exact) mass is 445 g/mol. The Morgan fingerprint density at radius 1 is 0.727 bits per heavy atom. The lowest BCUT2D eigenvalue weighted by Crippen LogP contribution is -2.19. The highest BCUT2D eigenvalue weighted by Gasteiger charge is 2.20. The fraction of sp³-hybridized carbons (Fsp3) is 0.231. The lowest BCUT2D eigenvalue weighted by molar-refractivity contribution is 0.287. The van der Waals surface area contributed by atoms with E-state index in [1.54, 1.807) is 14.2 Å². The van der Waals surface area contributed by atoms with Crippen molar-refractivity contribution in [3.63, 3.8) is 0 Å². The number of hydrogen-bond acceptors (Lipinski definition) is 7. The summed E-state index contributed by atoms with van der Waals surface area (Å²) in [6.07, 6.45) is 0. The number of rotatable bonds is 8. The van der Waals surface area contributed by atoms with Crippen LogP contribution in [0, 0.1) is 0 Å². The van der Waals surface area contributed by atoms with Crippen molar-refractivity contribution in [2.45, 2.75) is 13.8 Å². The first-order chi connectivity index (χ1) is 16.2. The van der Waals surface area contributed by atoms with Crippen LogP contribution < -0.4 is 24.4 Å². The Hall–Kier alpha value is -4.00. The van der Waals surface area contributed by atoms with Crippen molar-refractivity contribution in [3.05, 3.63) is 77.4 Å².